The van der Waals surface area contributed by atoms with E-state index < -0.39 is 0 Å². The summed E-state index contributed by atoms with van der Waals surface area (Å²) in [5.41, 5.74) is 2.32. The molecule has 2 saturated heterocycles. The van der Waals surface area contributed by atoms with E-state index in [1.165, 1.54) is 24.1 Å². The van der Waals surface area contributed by atoms with Crippen molar-refractivity contribution in [1.82, 2.24) is 20.5 Å². The monoisotopic (exact) mass is 424 g/mol. The summed E-state index contributed by atoms with van der Waals surface area (Å²) in [6, 6.07) is 11.1. The SMILES string of the molecule is O=C(CCC[C@H]1NCC2CC1CN(Cc1cccnc1)C2)NCCc1ccc(F)cc1. The number of amides is 1. The minimum Gasteiger partial charge on any atom is -0.356 e. The highest BCUT2D eigenvalue weighted by molar-refractivity contribution is 5.75. The van der Waals surface area contributed by atoms with Gasteiger partial charge in [0.1, 0.15) is 5.82 Å². The number of carbonyl (C=O) groups is 1. The Bertz CT molecular complexity index is 829. The Morgan fingerprint density at radius 1 is 1.19 bits per heavy atom. The molecule has 1 aromatic carbocycles. The van der Waals surface area contributed by atoms with Gasteiger partial charge in [-0.1, -0.05) is 18.2 Å². The summed E-state index contributed by atoms with van der Waals surface area (Å²) in [6.07, 6.45) is 8.34. The predicted octanol–water partition coefficient (Wildman–Crippen LogP) is 3.16. The molecule has 4 rings (SSSR count). The smallest absolute Gasteiger partial charge is 0.220 e. The van der Waals surface area contributed by atoms with Crippen molar-refractivity contribution < 1.29 is 9.18 Å². The summed E-state index contributed by atoms with van der Waals surface area (Å²) in [5, 5.41) is 6.74. The number of aromatic nitrogens is 1. The summed E-state index contributed by atoms with van der Waals surface area (Å²) < 4.78 is 12.9. The summed E-state index contributed by atoms with van der Waals surface area (Å²) in [4.78, 5) is 19.0. The van der Waals surface area contributed by atoms with Gasteiger partial charge in [0.2, 0.25) is 5.91 Å². The van der Waals surface area contributed by atoms with E-state index in [1.54, 1.807) is 12.1 Å². The fourth-order valence-corrected chi connectivity index (χ4v) is 5.06. The highest BCUT2D eigenvalue weighted by Gasteiger charge is 2.36. The Kier molecular flexibility index (Phi) is 7.65. The van der Waals surface area contributed by atoms with Crippen LogP contribution in [-0.4, -0.2) is 48.0 Å². The topological polar surface area (TPSA) is 57.3 Å². The van der Waals surface area contributed by atoms with Crippen LogP contribution in [-0.2, 0) is 17.8 Å². The Balaban J connectivity index is 1.16. The number of carbonyl (C=O) groups excluding carboxylic acids is 1. The van der Waals surface area contributed by atoms with E-state index in [1.807, 2.05) is 18.5 Å². The predicted molar refractivity (Wildman–Crippen MR) is 120 cm³/mol. The number of fused-ring (bicyclic) bond motifs is 2. The van der Waals surface area contributed by atoms with Gasteiger partial charge in [-0.2, -0.15) is 0 Å². The maximum Gasteiger partial charge on any atom is 0.220 e. The van der Waals surface area contributed by atoms with Gasteiger partial charge in [-0.3, -0.25) is 14.7 Å². The van der Waals surface area contributed by atoms with Crippen molar-refractivity contribution in [2.24, 2.45) is 11.8 Å². The third-order valence-electron chi connectivity index (χ3n) is 6.58. The van der Waals surface area contributed by atoms with Gasteiger partial charge in [0, 0.05) is 51.0 Å². The first-order chi connectivity index (χ1) is 15.2. The van der Waals surface area contributed by atoms with Crippen LogP contribution in [0.4, 0.5) is 4.39 Å². The van der Waals surface area contributed by atoms with E-state index in [9.17, 15) is 9.18 Å². The second kappa shape index (κ2) is 10.8. The van der Waals surface area contributed by atoms with Crippen LogP contribution in [0.5, 0.6) is 0 Å². The van der Waals surface area contributed by atoms with Crippen molar-refractivity contribution in [2.45, 2.75) is 44.7 Å². The molecule has 31 heavy (non-hydrogen) atoms. The largest absolute Gasteiger partial charge is 0.356 e. The summed E-state index contributed by atoms with van der Waals surface area (Å²) >= 11 is 0. The normalized spacial score (nSPS) is 23.5. The number of piperidine rings is 2. The second-order valence-electron chi connectivity index (χ2n) is 9.05. The Labute approximate surface area is 184 Å². The molecule has 166 valence electrons. The molecule has 6 heteroatoms. The van der Waals surface area contributed by atoms with E-state index in [0.29, 0.717) is 24.9 Å². The minimum atomic E-state index is -0.228. The number of nitrogens with zero attached hydrogens (tertiary/aromatic N) is 2. The lowest BCUT2D eigenvalue weighted by Crippen LogP contribution is -2.55. The van der Waals surface area contributed by atoms with Crippen LogP contribution in [0.2, 0.25) is 0 Å². The number of hydrogen-bond donors (Lipinski definition) is 2. The summed E-state index contributed by atoms with van der Waals surface area (Å²) in [6.45, 7) is 4.92. The molecule has 2 bridgehead atoms. The molecule has 0 spiro atoms. The quantitative estimate of drug-likeness (QED) is 0.649. The van der Waals surface area contributed by atoms with Crippen molar-refractivity contribution in [3.05, 3.63) is 65.7 Å². The number of pyridine rings is 1. The van der Waals surface area contributed by atoms with Crippen LogP contribution in [0, 0.1) is 17.7 Å². The molecule has 2 unspecified atom stereocenters. The zero-order valence-corrected chi connectivity index (χ0v) is 18.1. The lowest BCUT2D eigenvalue weighted by atomic mass is 9.79. The number of halogens is 1. The standard InChI is InChI=1S/C25H33FN4O/c26-23-8-6-19(7-9-23)10-12-28-25(31)5-1-4-24-22-13-21(15-29-24)17-30(18-22)16-20-3-2-11-27-14-20/h2-3,6-9,11,14,21-22,24,29H,1,4-5,10,12-13,15-18H2,(H,28,31)/t21?,22?,24-/m1/s1. The number of likely N-dealkylation sites (tertiary alicyclic amines) is 1. The van der Waals surface area contributed by atoms with Gasteiger partial charge >= 0.3 is 0 Å². The summed E-state index contributed by atoms with van der Waals surface area (Å²) in [7, 11) is 0. The second-order valence-corrected chi connectivity index (χ2v) is 9.05. The first-order valence-electron chi connectivity index (χ1n) is 11.5. The lowest BCUT2D eigenvalue weighted by molar-refractivity contribution is -0.121. The van der Waals surface area contributed by atoms with Crippen LogP contribution >= 0.6 is 0 Å². The Hall–Kier alpha value is -2.31. The average molecular weight is 425 g/mol. The molecule has 1 amide bonds. The molecule has 3 heterocycles. The van der Waals surface area contributed by atoms with Gasteiger partial charge < -0.3 is 10.6 Å². The summed E-state index contributed by atoms with van der Waals surface area (Å²) in [5.74, 6) is 1.26. The fourth-order valence-electron chi connectivity index (χ4n) is 5.06. The minimum absolute atomic E-state index is 0.109. The van der Waals surface area contributed by atoms with E-state index in [0.717, 1.165) is 56.9 Å². The number of nitrogens with one attached hydrogen (secondary N) is 2. The van der Waals surface area contributed by atoms with E-state index in [2.05, 4.69) is 26.6 Å². The van der Waals surface area contributed by atoms with Crippen LogP contribution in [0.25, 0.3) is 0 Å². The molecule has 1 aromatic heterocycles. The molecule has 3 atom stereocenters. The van der Waals surface area contributed by atoms with E-state index in [-0.39, 0.29) is 11.7 Å². The highest BCUT2D eigenvalue weighted by atomic mass is 19.1. The molecular weight excluding hydrogens is 391 g/mol. The van der Waals surface area contributed by atoms with Gasteiger partial charge in [-0.05, 0) is 73.4 Å². The van der Waals surface area contributed by atoms with Crippen LogP contribution in [0.3, 0.4) is 0 Å². The van der Waals surface area contributed by atoms with Crippen molar-refractivity contribution in [1.29, 1.82) is 0 Å². The molecule has 2 N–H and O–H groups in total. The van der Waals surface area contributed by atoms with Gasteiger partial charge in [0.25, 0.3) is 0 Å². The average Bonchev–Trinajstić information content (AvgIpc) is 2.77. The van der Waals surface area contributed by atoms with E-state index in [4.69, 9.17) is 0 Å². The molecule has 5 nitrogen and oxygen atoms in total. The van der Waals surface area contributed by atoms with Crippen molar-refractivity contribution in [3.8, 4) is 0 Å². The molecule has 0 aliphatic carbocycles. The molecular formula is C25H33FN4O. The number of rotatable bonds is 9. The first kappa shape index (κ1) is 21.9. The van der Waals surface area contributed by atoms with Gasteiger partial charge in [-0.25, -0.2) is 4.39 Å². The number of hydrogen-bond acceptors (Lipinski definition) is 4. The van der Waals surface area contributed by atoms with Crippen LogP contribution < -0.4 is 10.6 Å². The van der Waals surface area contributed by atoms with Gasteiger partial charge in [-0.15, -0.1) is 0 Å². The molecule has 2 aromatic rings. The maximum atomic E-state index is 12.9. The maximum absolute atomic E-state index is 12.9. The van der Waals surface area contributed by atoms with Crippen LogP contribution in [0.15, 0.2) is 48.8 Å². The number of benzene rings is 1. The van der Waals surface area contributed by atoms with Gasteiger partial charge in [0.05, 0.1) is 0 Å². The molecule has 0 saturated carbocycles. The molecule has 2 aliphatic heterocycles. The van der Waals surface area contributed by atoms with Crippen LogP contribution in [0.1, 0.15) is 36.8 Å². The Morgan fingerprint density at radius 3 is 2.87 bits per heavy atom. The first-order valence-corrected chi connectivity index (χ1v) is 11.5. The third kappa shape index (κ3) is 6.58. The fraction of sp³-hybridized carbons (Fsp3) is 0.520. The zero-order valence-electron chi connectivity index (χ0n) is 18.1. The lowest BCUT2D eigenvalue weighted by Gasteiger charge is -2.46. The van der Waals surface area contributed by atoms with Crippen molar-refractivity contribution >= 4 is 5.91 Å². The van der Waals surface area contributed by atoms with Gasteiger partial charge in [0.15, 0.2) is 0 Å². The van der Waals surface area contributed by atoms with Crippen molar-refractivity contribution in [3.63, 3.8) is 0 Å². The molecule has 2 aliphatic rings. The zero-order chi connectivity index (χ0) is 21.5. The molecule has 2 fully saturated rings. The highest BCUT2D eigenvalue weighted by Crippen LogP contribution is 2.31. The van der Waals surface area contributed by atoms with E-state index >= 15 is 0 Å². The van der Waals surface area contributed by atoms with Crippen molar-refractivity contribution in [2.75, 3.05) is 26.2 Å². The molecule has 0 radical (unpaired) electrons. The Morgan fingerprint density at radius 2 is 2.06 bits per heavy atom. The third-order valence-corrected chi connectivity index (χ3v) is 6.58.